The summed E-state index contributed by atoms with van der Waals surface area (Å²) in [5.41, 5.74) is 2.30. The summed E-state index contributed by atoms with van der Waals surface area (Å²) in [6.07, 6.45) is 1.61. The second-order valence-electron chi connectivity index (χ2n) is 5.21. The van der Waals surface area contributed by atoms with E-state index in [1.165, 1.54) is 5.56 Å². The van der Waals surface area contributed by atoms with Crippen LogP contribution in [0.15, 0.2) is 60.8 Å². The monoisotopic (exact) mass is 321 g/mol. The van der Waals surface area contributed by atoms with Crippen LogP contribution in [0, 0.1) is 0 Å². The zero-order valence-corrected chi connectivity index (χ0v) is 13.4. The van der Waals surface area contributed by atoms with Crippen LogP contribution >= 0.6 is 0 Å². The van der Waals surface area contributed by atoms with Crippen LogP contribution in [0.1, 0.15) is 11.1 Å². The van der Waals surface area contributed by atoms with Crippen molar-refractivity contribution in [3.05, 3.63) is 71.9 Å². The Morgan fingerprint density at radius 2 is 1.58 bits per heavy atom. The third-order valence-electron chi connectivity index (χ3n) is 3.48. The van der Waals surface area contributed by atoms with E-state index in [2.05, 4.69) is 37.9 Å². The number of nitrogens with one attached hydrogen (secondary N) is 2. The van der Waals surface area contributed by atoms with Crippen molar-refractivity contribution in [2.75, 3.05) is 17.7 Å². The van der Waals surface area contributed by atoms with Gasteiger partial charge < -0.3 is 15.4 Å². The number of benzene rings is 2. The maximum atomic E-state index is 5.15. The van der Waals surface area contributed by atoms with E-state index in [-0.39, 0.29) is 0 Å². The van der Waals surface area contributed by atoms with E-state index in [1.54, 1.807) is 13.3 Å². The van der Waals surface area contributed by atoms with Gasteiger partial charge in [0.2, 0.25) is 5.95 Å². The topological polar surface area (TPSA) is 72.0 Å². The molecule has 0 aliphatic rings. The molecule has 0 spiro atoms. The molecule has 0 bridgehead atoms. The highest BCUT2D eigenvalue weighted by atomic mass is 16.5. The van der Waals surface area contributed by atoms with Crippen molar-refractivity contribution >= 4 is 11.8 Å². The lowest BCUT2D eigenvalue weighted by atomic mass is 10.2. The Hall–Kier alpha value is -3.15. The highest BCUT2D eigenvalue weighted by molar-refractivity contribution is 5.38. The Balaban J connectivity index is 1.56. The van der Waals surface area contributed by atoms with Gasteiger partial charge in [-0.25, -0.2) is 0 Å². The maximum Gasteiger partial charge on any atom is 0.244 e. The first-order valence-corrected chi connectivity index (χ1v) is 7.68. The van der Waals surface area contributed by atoms with Gasteiger partial charge >= 0.3 is 0 Å². The number of hydrogen-bond donors (Lipinski definition) is 2. The molecule has 0 aliphatic heterocycles. The van der Waals surface area contributed by atoms with E-state index in [4.69, 9.17) is 4.74 Å². The lowest BCUT2D eigenvalue weighted by Crippen LogP contribution is -2.08. The van der Waals surface area contributed by atoms with Crippen LogP contribution in [-0.2, 0) is 13.1 Å². The van der Waals surface area contributed by atoms with Crippen LogP contribution in [0.5, 0.6) is 5.75 Å². The average molecular weight is 321 g/mol. The second-order valence-corrected chi connectivity index (χ2v) is 5.21. The molecule has 6 heteroatoms. The quantitative estimate of drug-likeness (QED) is 0.697. The lowest BCUT2D eigenvalue weighted by molar-refractivity contribution is 0.414. The molecule has 0 atom stereocenters. The molecule has 0 saturated carbocycles. The first-order chi connectivity index (χ1) is 11.8. The van der Waals surface area contributed by atoms with Crippen LogP contribution in [0.2, 0.25) is 0 Å². The smallest absolute Gasteiger partial charge is 0.244 e. The molecule has 2 N–H and O–H groups in total. The summed E-state index contributed by atoms with van der Waals surface area (Å²) in [5.74, 6) is 2.01. The minimum Gasteiger partial charge on any atom is -0.497 e. The zero-order valence-electron chi connectivity index (χ0n) is 13.4. The fourth-order valence-electron chi connectivity index (χ4n) is 2.18. The summed E-state index contributed by atoms with van der Waals surface area (Å²) in [4.78, 5) is 4.42. The largest absolute Gasteiger partial charge is 0.497 e. The number of nitrogens with zero attached hydrogens (tertiary/aromatic N) is 3. The van der Waals surface area contributed by atoms with Gasteiger partial charge in [0, 0.05) is 13.1 Å². The molecule has 3 rings (SSSR count). The van der Waals surface area contributed by atoms with Crippen molar-refractivity contribution < 1.29 is 4.74 Å². The predicted molar refractivity (Wildman–Crippen MR) is 93.9 cm³/mol. The third-order valence-corrected chi connectivity index (χ3v) is 3.48. The van der Waals surface area contributed by atoms with Gasteiger partial charge in [0.1, 0.15) is 5.75 Å². The predicted octanol–water partition coefficient (Wildman–Crippen LogP) is 3.10. The van der Waals surface area contributed by atoms with E-state index >= 15 is 0 Å². The van der Waals surface area contributed by atoms with Gasteiger partial charge in [-0.1, -0.05) is 42.5 Å². The van der Waals surface area contributed by atoms with Crippen molar-refractivity contribution in [1.29, 1.82) is 0 Å². The second kappa shape index (κ2) is 7.92. The van der Waals surface area contributed by atoms with Gasteiger partial charge in [0.25, 0.3) is 0 Å². The zero-order chi connectivity index (χ0) is 16.6. The third kappa shape index (κ3) is 4.42. The summed E-state index contributed by atoms with van der Waals surface area (Å²) in [7, 11) is 1.65. The van der Waals surface area contributed by atoms with Crippen LogP contribution < -0.4 is 15.4 Å². The van der Waals surface area contributed by atoms with Gasteiger partial charge in [-0.3, -0.25) is 0 Å². The van der Waals surface area contributed by atoms with Crippen molar-refractivity contribution in [3.8, 4) is 5.75 Å². The van der Waals surface area contributed by atoms with E-state index in [0.29, 0.717) is 24.9 Å². The van der Waals surface area contributed by atoms with E-state index in [1.807, 2.05) is 42.5 Å². The molecule has 122 valence electrons. The molecular formula is C18H19N5O. The molecule has 24 heavy (non-hydrogen) atoms. The average Bonchev–Trinajstić information content (AvgIpc) is 2.66. The fraction of sp³-hybridized carbons (Fsp3) is 0.167. The number of aromatic nitrogens is 3. The molecule has 0 saturated heterocycles. The molecular weight excluding hydrogens is 302 g/mol. The summed E-state index contributed by atoms with van der Waals surface area (Å²) in [5, 5.41) is 14.4. The minimum atomic E-state index is 0.490. The Morgan fingerprint density at radius 1 is 0.875 bits per heavy atom. The van der Waals surface area contributed by atoms with Crippen LogP contribution in [0.4, 0.5) is 11.8 Å². The molecule has 1 heterocycles. The highest BCUT2D eigenvalue weighted by Crippen LogP contribution is 2.12. The fourth-order valence-corrected chi connectivity index (χ4v) is 2.18. The molecule has 0 amide bonds. The molecule has 1 aromatic heterocycles. The Kier molecular flexibility index (Phi) is 5.19. The number of hydrogen-bond acceptors (Lipinski definition) is 6. The summed E-state index contributed by atoms with van der Waals surface area (Å²) < 4.78 is 5.15. The number of anilines is 2. The highest BCUT2D eigenvalue weighted by Gasteiger charge is 2.01. The van der Waals surface area contributed by atoms with Gasteiger partial charge in [-0.05, 0) is 23.3 Å². The Bertz CT molecular complexity index is 762. The molecule has 2 aromatic carbocycles. The molecule has 0 unspecified atom stereocenters. The Labute approximate surface area is 140 Å². The van der Waals surface area contributed by atoms with Gasteiger partial charge in [0.15, 0.2) is 5.82 Å². The molecule has 0 fully saturated rings. The van der Waals surface area contributed by atoms with Crippen molar-refractivity contribution in [2.45, 2.75) is 13.1 Å². The number of ether oxygens (including phenoxy) is 1. The number of rotatable bonds is 7. The van der Waals surface area contributed by atoms with Gasteiger partial charge in [-0.15, -0.1) is 5.10 Å². The van der Waals surface area contributed by atoms with Crippen LogP contribution in [0.25, 0.3) is 0 Å². The standard InChI is InChI=1S/C18H19N5O/c1-24-16-9-7-15(8-10-16)12-20-18-22-17(13-21-23-18)19-11-14-5-3-2-4-6-14/h2-10,13H,11-12H2,1H3,(H2,19,20,22,23). The van der Waals surface area contributed by atoms with E-state index in [9.17, 15) is 0 Å². The molecule has 3 aromatic rings. The SMILES string of the molecule is COc1ccc(CNc2nncc(NCc3ccccc3)n2)cc1. The molecule has 0 radical (unpaired) electrons. The van der Waals surface area contributed by atoms with Crippen LogP contribution in [-0.4, -0.2) is 22.3 Å². The van der Waals surface area contributed by atoms with Gasteiger partial charge in [-0.2, -0.15) is 10.1 Å². The summed E-state index contributed by atoms with van der Waals surface area (Å²) in [6.45, 7) is 1.31. The van der Waals surface area contributed by atoms with E-state index in [0.717, 1.165) is 11.3 Å². The van der Waals surface area contributed by atoms with Crippen molar-refractivity contribution in [2.24, 2.45) is 0 Å². The van der Waals surface area contributed by atoms with Crippen molar-refractivity contribution in [1.82, 2.24) is 15.2 Å². The normalized spacial score (nSPS) is 10.2. The Morgan fingerprint density at radius 3 is 2.33 bits per heavy atom. The van der Waals surface area contributed by atoms with E-state index < -0.39 is 0 Å². The lowest BCUT2D eigenvalue weighted by Gasteiger charge is -2.08. The first-order valence-electron chi connectivity index (χ1n) is 7.68. The summed E-state index contributed by atoms with van der Waals surface area (Å²) >= 11 is 0. The van der Waals surface area contributed by atoms with Gasteiger partial charge in [0.05, 0.1) is 13.3 Å². The van der Waals surface area contributed by atoms with Crippen molar-refractivity contribution in [3.63, 3.8) is 0 Å². The maximum absolute atomic E-state index is 5.15. The van der Waals surface area contributed by atoms with Crippen LogP contribution in [0.3, 0.4) is 0 Å². The minimum absolute atomic E-state index is 0.490. The number of methoxy groups -OCH3 is 1. The first kappa shape index (κ1) is 15.7. The summed E-state index contributed by atoms with van der Waals surface area (Å²) in [6, 6.07) is 18.0. The molecule has 6 nitrogen and oxygen atoms in total. The molecule has 0 aliphatic carbocycles.